The van der Waals surface area contributed by atoms with Crippen molar-refractivity contribution < 1.29 is 18.7 Å². The third-order valence-electron chi connectivity index (χ3n) is 5.94. The number of nitrogens with zero attached hydrogens (tertiary/aromatic N) is 1. The summed E-state index contributed by atoms with van der Waals surface area (Å²) in [6, 6.07) is 0.238. The highest BCUT2D eigenvalue weighted by molar-refractivity contribution is 6.74. The minimum Gasteiger partial charge on any atom is -0.409 e. The van der Waals surface area contributed by atoms with E-state index in [-0.39, 0.29) is 35.5 Å². The monoisotopic (exact) mass is 343 g/mol. The molecule has 5 nitrogen and oxygen atoms in total. The van der Waals surface area contributed by atoms with E-state index < -0.39 is 14.1 Å². The lowest BCUT2D eigenvalue weighted by molar-refractivity contribution is -0.184. The summed E-state index contributed by atoms with van der Waals surface area (Å²) in [5, 5.41) is 2.16. The molecule has 0 aromatic carbocycles. The molecule has 2 aliphatic heterocycles. The van der Waals surface area contributed by atoms with Crippen LogP contribution in [0.5, 0.6) is 0 Å². The van der Waals surface area contributed by atoms with Crippen LogP contribution >= 0.6 is 0 Å². The van der Waals surface area contributed by atoms with Crippen LogP contribution < -0.4 is 0 Å². The zero-order valence-electron chi connectivity index (χ0n) is 15.9. The van der Waals surface area contributed by atoms with Crippen molar-refractivity contribution in [2.75, 3.05) is 7.05 Å². The van der Waals surface area contributed by atoms with E-state index in [0.717, 1.165) is 12.8 Å². The summed E-state index contributed by atoms with van der Waals surface area (Å²) in [4.78, 5) is 6.01. The van der Waals surface area contributed by atoms with Gasteiger partial charge in [0.1, 0.15) is 6.10 Å². The average Bonchev–Trinajstić information content (AvgIpc) is 2.81. The van der Waals surface area contributed by atoms with Crippen LogP contribution in [0.25, 0.3) is 0 Å². The number of fused-ring (bicyclic) bond motifs is 3. The van der Waals surface area contributed by atoms with Gasteiger partial charge in [-0.05, 0) is 38.4 Å². The number of hydrogen-bond acceptors (Lipinski definition) is 5. The molecule has 0 unspecified atom stereocenters. The van der Waals surface area contributed by atoms with Crippen LogP contribution in [0, 0.1) is 0 Å². The largest absolute Gasteiger partial charge is 0.409 e. The Labute approximate surface area is 141 Å². The first-order valence-electron chi connectivity index (χ1n) is 8.83. The fourth-order valence-corrected chi connectivity index (χ4v) is 5.04. The number of likely N-dealkylation sites (N-methyl/N-ethyl adjacent to an activating group) is 1. The van der Waals surface area contributed by atoms with Gasteiger partial charge in [-0.2, -0.15) is 5.06 Å². The van der Waals surface area contributed by atoms with E-state index in [2.05, 4.69) is 33.9 Å². The molecule has 134 valence electrons. The van der Waals surface area contributed by atoms with Crippen molar-refractivity contribution in [3.8, 4) is 0 Å². The third kappa shape index (κ3) is 3.26. The molecular weight excluding hydrogens is 310 g/mol. The van der Waals surface area contributed by atoms with Gasteiger partial charge in [0.15, 0.2) is 14.1 Å². The molecule has 23 heavy (non-hydrogen) atoms. The molecule has 3 rings (SSSR count). The molecule has 0 spiro atoms. The molecule has 0 aromatic heterocycles. The fraction of sp³-hybridized carbons (Fsp3) is 1.00. The number of hydrogen-bond donors (Lipinski definition) is 0. The summed E-state index contributed by atoms with van der Waals surface area (Å²) in [6.07, 6.45) is 2.13. The maximum Gasteiger partial charge on any atom is 0.192 e. The molecule has 1 saturated carbocycles. The van der Waals surface area contributed by atoms with E-state index in [9.17, 15) is 0 Å². The van der Waals surface area contributed by atoms with Crippen LogP contribution in [0.2, 0.25) is 18.1 Å². The molecule has 2 bridgehead atoms. The zero-order valence-corrected chi connectivity index (χ0v) is 16.9. The molecule has 3 aliphatic rings. The Hall–Kier alpha value is 0.0169. The highest BCUT2D eigenvalue weighted by atomic mass is 28.4. The van der Waals surface area contributed by atoms with Gasteiger partial charge in [0.25, 0.3) is 0 Å². The van der Waals surface area contributed by atoms with Gasteiger partial charge in [0, 0.05) is 13.5 Å². The first-order valence-corrected chi connectivity index (χ1v) is 11.7. The second-order valence-corrected chi connectivity index (χ2v) is 14.1. The maximum absolute atomic E-state index is 6.84. The van der Waals surface area contributed by atoms with Gasteiger partial charge >= 0.3 is 0 Å². The van der Waals surface area contributed by atoms with Crippen molar-refractivity contribution >= 4 is 8.32 Å². The Morgan fingerprint density at radius 3 is 2.39 bits per heavy atom. The Morgan fingerprint density at radius 1 is 1.13 bits per heavy atom. The standard InChI is InChI=1S/C17H33NO4Si/c1-16(2,3)23(7,8)22-14-12-9-11(21-18(12)6)10-13-15(14)20-17(4,5)19-13/h11-15H,9-10H2,1-8H3/t11-,12+,13-,14-,15+/m1/s1. The molecule has 0 radical (unpaired) electrons. The Balaban J connectivity index is 1.90. The number of ether oxygens (including phenoxy) is 2. The molecule has 3 fully saturated rings. The van der Waals surface area contributed by atoms with E-state index in [0.29, 0.717) is 0 Å². The molecule has 0 aromatic rings. The molecule has 5 atom stereocenters. The average molecular weight is 344 g/mol. The quantitative estimate of drug-likeness (QED) is 0.720. The molecular formula is C17H33NO4Si. The summed E-state index contributed by atoms with van der Waals surface area (Å²) < 4.78 is 19.3. The first kappa shape index (κ1) is 17.8. The second kappa shape index (κ2) is 5.51. The molecule has 1 aliphatic carbocycles. The van der Waals surface area contributed by atoms with Gasteiger partial charge in [0.2, 0.25) is 0 Å². The van der Waals surface area contributed by atoms with Gasteiger partial charge < -0.3 is 13.9 Å². The summed E-state index contributed by atoms with van der Waals surface area (Å²) in [5.41, 5.74) is 0. The molecule has 0 N–H and O–H groups in total. The Kier molecular flexibility index (Phi) is 4.27. The van der Waals surface area contributed by atoms with Crippen LogP contribution in [0.1, 0.15) is 47.5 Å². The van der Waals surface area contributed by atoms with Crippen molar-refractivity contribution in [3.63, 3.8) is 0 Å². The highest BCUT2D eigenvalue weighted by Gasteiger charge is 2.56. The van der Waals surface area contributed by atoms with Gasteiger partial charge in [-0.25, -0.2) is 0 Å². The molecule has 2 heterocycles. The Morgan fingerprint density at radius 2 is 1.78 bits per heavy atom. The van der Waals surface area contributed by atoms with E-state index >= 15 is 0 Å². The SMILES string of the molecule is CN1O[C@H]2C[C@H]3OC(C)(C)O[C@@H]3[C@H](O[Si](C)(C)C(C)(C)C)[C@@H]1C2. The lowest BCUT2D eigenvalue weighted by atomic mass is 10.0. The second-order valence-electron chi connectivity index (χ2n) is 9.29. The van der Waals surface area contributed by atoms with Crippen LogP contribution in [0.4, 0.5) is 0 Å². The van der Waals surface area contributed by atoms with Crippen molar-refractivity contribution in [2.45, 2.75) is 102 Å². The summed E-state index contributed by atoms with van der Waals surface area (Å²) in [6.45, 7) is 15.4. The Bertz CT molecular complexity index is 462. The molecule has 6 heteroatoms. The van der Waals surface area contributed by atoms with Crippen LogP contribution in [0.15, 0.2) is 0 Å². The van der Waals surface area contributed by atoms with E-state index in [1.807, 2.05) is 26.0 Å². The third-order valence-corrected chi connectivity index (χ3v) is 10.4. The van der Waals surface area contributed by atoms with Crippen LogP contribution in [0.3, 0.4) is 0 Å². The smallest absolute Gasteiger partial charge is 0.192 e. The predicted octanol–water partition coefficient (Wildman–Crippen LogP) is 3.30. The van der Waals surface area contributed by atoms with Crippen LogP contribution in [-0.4, -0.2) is 56.7 Å². The molecule has 0 amide bonds. The van der Waals surface area contributed by atoms with Crippen molar-refractivity contribution in [1.29, 1.82) is 0 Å². The zero-order chi connectivity index (χ0) is 17.2. The van der Waals surface area contributed by atoms with Gasteiger partial charge in [-0.15, -0.1) is 0 Å². The van der Waals surface area contributed by atoms with Gasteiger partial charge in [0.05, 0.1) is 24.4 Å². The van der Waals surface area contributed by atoms with Crippen molar-refractivity contribution in [3.05, 3.63) is 0 Å². The summed E-state index contributed by atoms with van der Waals surface area (Å²) >= 11 is 0. The highest BCUT2D eigenvalue weighted by Crippen LogP contribution is 2.45. The summed E-state index contributed by atoms with van der Waals surface area (Å²) in [7, 11) is 0.114. The number of rotatable bonds is 2. The topological polar surface area (TPSA) is 40.2 Å². The maximum atomic E-state index is 6.84. The fourth-order valence-electron chi connectivity index (χ4n) is 3.72. The van der Waals surface area contributed by atoms with Crippen molar-refractivity contribution in [1.82, 2.24) is 5.06 Å². The lowest BCUT2D eigenvalue weighted by Gasteiger charge is -2.43. The van der Waals surface area contributed by atoms with E-state index in [1.165, 1.54) is 0 Å². The van der Waals surface area contributed by atoms with Gasteiger partial charge in [-0.3, -0.25) is 4.84 Å². The van der Waals surface area contributed by atoms with E-state index in [4.69, 9.17) is 18.7 Å². The lowest BCUT2D eigenvalue weighted by Crippen LogP contribution is -2.55. The summed E-state index contributed by atoms with van der Waals surface area (Å²) in [5.74, 6) is -0.542. The first-order chi connectivity index (χ1) is 10.4. The predicted molar refractivity (Wildman–Crippen MR) is 91.6 cm³/mol. The minimum atomic E-state index is -1.91. The van der Waals surface area contributed by atoms with Crippen LogP contribution in [-0.2, 0) is 18.7 Å². The van der Waals surface area contributed by atoms with Crippen molar-refractivity contribution in [2.24, 2.45) is 0 Å². The van der Waals surface area contributed by atoms with E-state index in [1.54, 1.807) is 0 Å². The number of hydroxylamine groups is 2. The van der Waals surface area contributed by atoms with Gasteiger partial charge in [-0.1, -0.05) is 20.8 Å². The minimum absolute atomic E-state index is 0.000154. The molecule has 2 saturated heterocycles. The normalized spacial score (nSPS) is 41.0.